The largest absolute Gasteiger partial charge is 0.493 e. The molecule has 0 atom stereocenters. The van der Waals surface area contributed by atoms with Crippen LogP contribution in [0.2, 0.25) is 0 Å². The molecule has 0 heterocycles. The van der Waals surface area contributed by atoms with E-state index in [1.165, 1.54) is 0 Å². The minimum atomic E-state index is -0.882. The summed E-state index contributed by atoms with van der Waals surface area (Å²) >= 11 is 0. The van der Waals surface area contributed by atoms with Crippen molar-refractivity contribution >= 4 is 17.3 Å². The van der Waals surface area contributed by atoms with Gasteiger partial charge in [-0.25, -0.2) is 0 Å². The maximum atomic E-state index is 10.6. The van der Waals surface area contributed by atoms with Crippen LogP contribution in [0.4, 0.5) is 11.4 Å². The van der Waals surface area contributed by atoms with Gasteiger partial charge in [-0.15, -0.1) is 0 Å². The molecule has 0 radical (unpaired) electrons. The zero-order valence-electron chi connectivity index (χ0n) is 18.3. The monoisotopic (exact) mass is 434 g/mol. The van der Waals surface area contributed by atoms with Gasteiger partial charge in [0.15, 0.2) is 0 Å². The first-order valence-corrected chi connectivity index (χ1v) is 10.9. The predicted octanol–water partition coefficient (Wildman–Crippen LogP) is 5.81. The third kappa shape index (κ3) is 7.54. The number of rotatable bonds is 13. The first kappa shape index (κ1) is 23.0. The third-order valence-electron chi connectivity index (χ3n) is 4.77. The van der Waals surface area contributed by atoms with Crippen LogP contribution < -0.4 is 20.1 Å². The van der Waals surface area contributed by atoms with E-state index >= 15 is 0 Å². The molecule has 0 spiro atoms. The molecule has 3 aromatic rings. The van der Waals surface area contributed by atoms with E-state index in [-0.39, 0.29) is 6.54 Å². The maximum absolute atomic E-state index is 10.6. The summed E-state index contributed by atoms with van der Waals surface area (Å²) in [7, 11) is 0. The summed E-state index contributed by atoms with van der Waals surface area (Å²) < 4.78 is 12.0. The van der Waals surface area contributed by atoms with Gasteiger partial charge in [-0.1, -0.05) is 31.5 Å². The lowest BCUT2D eigenvalue weighted by Crippen LogP contribution is -2.12. The summed E-state index contributed by atoms with van der Waals surface area (Å²) in [5.74, 6) is 1.66. The number of aliphatic carboxylic acids is 1. The summed E-state index contributed by atoms with van der Waals surface area (Å²) in [6, 6.07) is 23.3. The average molecular weight is 435 g/mol. The molecule has 0 fully saturated rings. The molecule has 0 aliphatic rings. The van der Waals surface area contributed by atoms with E-state index in [1.54, 1.807) is 0 Å². The minimum absolute atomic E-state index is 0.0938. The highest BCUT2D eigenvalue weighted by Crippen LogP contribution is 2.29. The van der Waals surface area contributed by atoms with E-state index in [1.807, 2.05) is 66.7 Å². The predicted molar refractivity (Wildman–Crippen MR) is 128 cm³/mol. The molecule has 0 aliphatic heterocycles. The van der Waals surface area contributed by atoms with Crippen molar-refractivity contribution in [2.24, 2.45) is 0 Å². The fraction of sp³-hybridized carbons (Fsp3) is 0.269. The van der Waals surface area contributed by atoms with Gasteiger partial charge in [0.1, 0.15) is 23.8 Å². The molecule has 0 saturated carbocycles. The van der Waals surface area contributed by atoms with Crippen LogP contribution in [0.15, 0.2) is 72.8 Å². The normalized spacial score (nSPS) is 10.4. The first-order chi connectivity index (χ1) is 15.6. The van der Waals surface area contributed by atoms with Crippen molar-refractivity contribution in [1.82, 2.24) is 0 Å². The molecule has 3 aromatic carbocycles. The molecule has 0 amide bonds. The van der Waals surface area contributed by atoms with Crippen molar-refractivity contribution in [2.75, 3.05) is 30.3 Å². The fourth-order valence-electron chi connectivity index (χ4n) is 3.22. The van der Waals surface area contributed by atoms with E-state index in [0.29, 0.717) is 6.61 Å². The molecule has 32 heavy (non-hydrogen) atoms. The molecule has 168 valence electrons. The molecule has 6 heteroatoms. The summed E-state index contributed by atoms with van der Waals surface area (Å²) in [5.41, 5.74) is 2.92. The Morgan fingerprint density at radius 1 is 0.906 bits per heavy atom. The SMILES string of the molecule is CCCc1cc(Oc2ccccc2)ccc1OCCCNc1ccc(NCC(=O)O)cc1. The Bertz CT molecular complexity index is 975. The highest BCUT2D eigenvalue weighted by Gasteiger charge is 2.07. The van der Waals surface area contributed by atoms with Gasteiger partial charge in [0.05, 0.1) is 6.61 Å². The van der Waals surface area contributed by atoms with Gasteiger partial charge in [-0.3, -0.25) is 4.79 Å². The lowest BCUT2D eigenvalue weighted by Gasteiger charge is -2.14. The molecule has 0 aliphatic carbocycles. The van der Waals surface area contributed by atoms with Crippen LogP contribution in [0.1, 0.15) is 25.3 Å². The maximum Gasteiger partial charge on any atom is 0.322 e. The van der Waals surface area contributed by atoms with E-state index < -0.39 is 5.97 Å². The Morgan fingerprint density at radius 3 is 2.31 bits per heavy atom. The molecular formula is C26H30N2O4. The summed E-state index contributed by atoms with van der Waals surface area (Å²) in [6.45, 7) is 3.45. The number of ether oxygens (including phenoxy) is 2. The molecule has 0 unspecified atom stereocenters. The lowest BCUT2D eigenvalue weighted by molar-refractivity contribution is -0.134. The van der Waals surface area contributed by atoms with Crippen molar-refractivity contribution in [1.29, 1.82) is 0 Å². The van der Waals surface area contributed by atoms with Crippen LogP contribution in [0, 0.1) is 0 Å². The number of benzene rings is 3. The molecule has 3 rings (SSSR count). The highest BCUT2D eigenvalue weighted by molar-refractivity contribution is 5.73. The average Bonchev–Trinajstić information content (AvgIpc) is 2.80. The van der Waals surface area contributed by atoms with Crippen molar-refractivity contribution in [3.05, 3.63) is 78.4 Å². The second-order valence-electron chi connectivity index (χ2n) is 7.39. The van der Waals surface area contributed by atoms with Gasteiger partial charge < -0.3 is 25.2 Å². The molecular weight excluding hydrogens is 404 g/mol. The van der Waals surface area contributed by atoms with Crippen molar-refractivity contribution in [2.45, 2.75) is 26.2 Å². The number of nitrogens with one attached hydrogen (secondary N) is 2. The Labute approximate surface area is 189 Å². The second-order valence-corrected chi connectivity index (χ2v) is 7.39. The van der Waals surface area contributed by atoms with Crippen molar-refractivity contribution in [3.8, 4) is 17.2 Å². The Hall–Kier alpha value is -3.67. The van der Waals surface area contributed by atoms with Crippen LogP contribution in [0.5, 0.6) is 17.2 Å². The number of carboxylic acids is 1. The number of hydrogen-bond donors (Lipinski definition) is 3. The number of anilines is 2. The van der Waals surface area contributed by atoms with Crippen LogP contribution in [-0.4, -0.2) is 30.8 Å². The van der Waals surface area contributed by atoms with Crippen LogP contribution in [0.3, 0.4) is 0 Å². The Morgan fingerprint density at radius 2 is 1.62 bits per heavy atom. The molecule has 6 nitrogen and oxygen atoms in total. The number of carbonyl (C=O) groups is 1. The number of para-hydroxylation sites is 1. The van der Waals surface area contributed by atoms with Crippen LogP contribution >= 0.6 is 0 Å². The lowest BCUT2D eigenvalue weighted by atomic mass is 10.1. The smallest absolute Gasteiger partial charge is 0.322 e. The molecule has 3 N–H and O–H groups in total. The van der Waals surface area contributed by atoms with Crippen molar-refractivity contribution in [3.63, 3.8) is 0 Å². The summed E-state index contributed by atoms with van der Waals surface area (Å²) in [4.78, 5) is 10.6. The zero-order chi connectivity index (χ0) is 22.6. The van der Waals surface area contributed by atoms with Gasteiger partial charge >= 0.3 is 5.97 Å². The van der Waals surface area contributed by atoms with E-state index in [4.69, 9.17) is 14.6 Å². The number of carboxylic acid groups (broad SMARTS) is 1. The van der Waals surface area contributed by atoms with Gasteiger partial charge in [0, 0.05) is 17.9 Å². The van der Waals surface area contributed by atoms with Gasteiger partial charge in [0.2, 0.25) is 0 Å². The van der Waals surface area contributed by atoms with Crippen molar-refractivity contribution < 1.29 is 19.4 Å². The minimum Gasteiger partial charge on any atom is -0.493 e. The second kappa shape index (κ2) is 12.2. The fourth-order valence-corrected chi connectivity index (χ4v) is 3.22. The van der Waals surface area contributed by atoms with Crippen LogP contribution in [-0.2, 0) is 11.2 Å². The molecule has 0 aromatic heterocycles. The number of hydrogen-bond acceptors (Lipinski definition) is 5. The number of aryl methyl sites for hydroxylation is 1. The Kier molecular flexibility index (Phi) is 8.80. The molecule has 0 bridgehead atoms. The highest BCUT2D eigenvalue weighted by atomic mass is 16.5. The zero-order valence-corrected chi connectivity index (χ0v) is 18.3. The van der Waals surface area contributed by atoms with Crippen LogP contribution in [0.25, 0.3) is 0 Å². The first-order valence-electron chi connectivity index (χ1n) is 10.9. The standard InChI is InChI=1S/C26H30N2O4/c1-2-7-20-18-24(32-23-8-4-3-5-9-23)14-15-25(20)31-17-6-16-27-21-10-12-22(13-11-21)28-19-26(29)30/h3-5,8-15,18,27-28H,2,6-7,16-17,19H2,1H3,(H,29,30). The van der Waals surface area contributed by atoms with E-state index in [0.717, 1.165) is 60.0 Å². The van der Waals surface area contributed by atoms with Gasteiger partial charge in [-0.05, 0) is 73.0 Å². The quantitative estimate of drug-likeness (QED) is 0.295. The van der Waals surface area contributed by atoms with E-state index in [2.05, 4.69) is 23.6 Å². The van der Waals surface area contributed by atoms with Gasteiger partial charge in [0.25, 0.3) is 0 Å². The van der Waals surface area contributed by atoms with E-state index in [9.17, 15) is 4.79 Å². The van der Waals surface area contributed by atoms with Gasteiger partial charge in [-0.2, -0.15) is 0 Å². The third-order valence-corrected chi connectivity index (χ3v) is 4.77. The topological polar surface area (TPSA) is 79.8 Å². The Balaban J connectivity index is 1.45. The summed E-state index contributed by atoms with van der Waals surface area (Å²) in [5, 5.41) is 14.9. The summed E-state index contributed by atoms with van der Waals surface area (Å²) in [6.07, 6.45) is 2.82. The molecule has 0 saturated heterocycles.